The number of rotatable bonds is 3. The van der Waals surface area contributed by atoms with Gasteiger partial charge in [-0.05, 0) is 24.6 Å². The zero-order valence-electron chi connectivity index (χ0n) is 10.2. The number of hydrogen-bond donors (Lipinski definition) is 1. The Morgan fingerprint density at radius 3 is 2.21 bits per heavy atom. The summed E-state index contributed by atoms with van der Waals surface area (Å²) in [5.41, 5.74) is 0.114. The number of nitrogens with one attached hydrogen (secondary N) is 1. The second-order valence-electron chi connectivity index (χ2n) is 4.72. The second kappa shape index (κ2) is 4.37. The molecule has 1 atom stereocenters. The van der Waals surface area contributed by atoms with Crippen LogP contribution in [0.3, 0.4) is 0 Å². The van der Waals surface area contributed by atoms with Gasteiger partial charge in [-0.3, -0.25) is 0 Å². The Morgan fingerprint density at radius 2 is 1.79 bits per heavy atom. The fourth-order valence-electron chi connectivity index (χ4n) is 1.89. The van der Waals surface area contributed by atoms with E-state index in [4.69, 9.17) is 10.5 Å². The molecular formula is C14H11F2N3. The Balaban J connectivity index is 2.11. The third-order valence-corrected chi connectivity index (χ3v) is 3.40. The number of nitrogens with zero attached hydrogens (tertiary/aromatic N) is 2. The fraction of sp³-hybridized carbons (Fsp3) is 0.286. The summed E-state index contributed by atoms with van der Waals surface area (Å²) in [5, 5.41) is 19.9. The minimum atomic E-state index is -2.63. The van der Waals surface area contributed by atoms with E-state index in [0.29, 0.717) is 11.3 Å². The predicted molar refractivity (Wildman–Crippen MR) is 66.3 cm³/mol. The van der Waals surface area contributed by atoms with Gasteiger partial charge < -0.3 is 5.32 Å². The average molecular weight is 259 g/mol. The molecule has 0 amide bonds. The lowest BCUT2D eigenvalue weighted by atomic mass is 9.97. The van der Waals surface area contributed by atoms with Crippen LogP contribution in [-0.4, -0.2) is 5.92 Å². The lowest BCUT2D eigenvalue weighted by molar-refractivity contribution is 0.0920. The van der Waals surface area contributed by atoms with Crippen molar-refractivity contribution >= 4 is 5.69 Å². The van der Waals surface area contributed by atoms with Gasteiger partial charge in [-0.1, -0.05) is 12.1 Å². The normalized spacial score (nSPS) is 22.8. The molecule has 0 saturated heterocycles. The first-order chi connectivity index (χ1) is 8.93. The molecule has 1 N–H and O–H groups in total. The van der Waals surface area contributed by atoms with Gasteiger partial charge in [0, 0.05) is 18.3 Å². The molecule has 1 unspecified atom stereocenters. The van der Waals surface area contributed by atoms with Crippen LogP contribution in [0, 0.1) is 22.7 Å². The van der Waals surface area contributed by atoms with Crippen molar-refractivity contribution in [2.24, 2.45) is 0 Å². The first-order valence-electron chi connectivity index (χ1n) is 5.68. The van der Waals surface area contributed by atoms with E-state index in [1.807, 2.05) is 0 Å². The molecule has 96 valence electrons. The summed E-state index contributed by atoms with van der Waals surface area (Å²) < 4.78 is 26.4. The number of benzene rings is 1. The van der Waals surface area contributed by atoms with Gasteiger partial charge in [0.2, 0.25) is 0 Å². The molecule has 19 heavy (non-hydrogen) atoms. The summed E-state index contributed by atoms with van der Waals surface area (Å²) in [6.07, 6.45) is 1.15. The van der Waals surface area contributed by atoms with Crippen molar-refractivity contribution in [2.75, 3.05) is 5.32 Å². The number of hydrogen-bond acceptors (Lipinski definition) is 3. The number of anilines is 1. The largest absolute Gasteiger partial charge is 0.360 e. The maximum atomic E-state index is 13.2. The van der Waals surface area contributed by atoms with Crippen LogP contribution in [0.15, 0.2) is 36.0 Å². The van der Waals surface area contributed by atoms with Gasteiger partial charge in [0.1, 0.15) is 17.7 Å². The highest BCUT2D eigenvalue weighted by molar-refractivity contribution is 5.52. The maximum absolute atomic E-state index is 13.2. The van der Waals surface area contributed by atoms with Crippen molar-refractivity contribution in [3.05, 3.63) is 41.6 Å². The molecule has 0 radical (unpaired) electrons. The predicted octanol–water partition coefficient (Wildman–Crippen LogP) is 3.33. The summed E-state index contributed by atoms with van der Waals surface area (Å²) in [4.78, 5) is 0. The van der Waals surface area contributed by atoms with Crippen LogP contribution < -0.4 is 5.32 Å². The lowest BCUT2D eigenvalue weighted by Crippen LogP contribution is -2.11. The fourth-order valence-corrected chi connectivity index (χ4v) is 1.89. The minimum absolute atomic E-state index is 0.0511. The van der Waals surface area contributed by atoms with Crippen molar-refractivity contribution in [3.8, 4) is 12.1 Å². The van der Waals surface area contributed by atoms with Gasteiger partial charge in [0.05, 0.1) is 5.41 Å². The van der Waals surface area contributed by atoms with Crippen molar-refractivity contribution in [2.45, 2.75) is 24.7 Å². The molecule has 1 aromatic carbocycles. The molecule has 5 heteroatoms. The van der Waals surface area contributed by atoms with Crippen LogP contribution in [0.5, 0.6) is 0 Å². The van der Waals surface area contributed by atoms with Gasteiger partial charge in [-0.2, -0.15) is 10.5 Å². The quantitative estimate of drug-likeness (QED) is 0.847. The highest BCUT2D eigenvalue weighted by Crippen LogP contribution is 2.61. The third-order valence-electron chi connectivity index (χ3n) is 3.40. The third kappa shape index (κ3) is 2.28. The SMILES string of the molecule is CC1(c2ccc(NC=C(C#N)C#N)cc2)CC1(F)F. The summed E-state index contributed by atoms with van der Waals surface area (Å²) in [6.45, 7) is 1.54. The van der Waals surface area contributed by atoms with Crippen molar-refractivity contribution in [3.63, 3.8) is 0 Å². The van der Waals surface area contributed by atoms with E-state index >= 15 is 0 Å². The molecule has 1 fully saturated rings. The summed E-state index contributed by atoms with van der Waals surface area (Å²) in [6, 6.07) is 10.0. The van der Waals surface area contributed by atoms with Crippen LogP contribution in [0.2, 0.25) is 0 Å². The van der Waals surface area contributed by atoms with Gasteiger partial charge >= 0.3 is 0 Å². The van der Waals surface area contributed by atoms with E-state index in [-0.39, 0.29) is 12.0 Å². The Kier molecular flexibility index (Phi) is 3.00. The van der Waals surface area contributed by atoms with E-state index in [0.717, 1.165) is 0 Å². The van der Waals surface area contributed by atoms with Crippen LogP contribution >= 0.6 is 0 Å². The summed E-state index contributed by atoms with van der Waals surface area (Å²) in [5.74, 6) is -2.63. The van der Waals surface area contributed by atoms with Crippen LogP contribution in [0.1, 0.15) is 18.9 Å². The van der Waals surface area contributed by atoms with Gasteiger partial charge in [-0.15, -0.1) is 0 Å². The van der Waals surface area contributed by atoms with Crippen molar-refractivity contribution < 1.29 is 8.78 Å². The molecule has 0 heterocycles. The van der Waals surface area contributed by atoms with E-state index in [1.165, 1.54) is 6.20 Å². The minimum Gasteiger partial charge on any atom is -0.360 e. The van der Waals surface area contributed by atoms with Crippen molar-refractivity contribution in [1.29, 1.82) is 10.5 Å². The molecular weight excluding hydrogens is 248 g/mol. The smallest absolute Gasteiger partial charge is 0.258 e. The molecule has 0 spiro atoms. The highest BCUT2D eigenvalue weighted by atomic mass is 19.3. The van der Waals surface area contributed by atoms with Gasteiger partial charge in [0.25, 0.3) is 5.92 Å². The zero-order chi connectivity index (χ0) is 14.1. The summed E-state index contributed by atoms with van der Waals surface area (Å²) in [7, 11) is 0. The monoisotopic (exact) mass is 259 g/mol. The molecule has 0 aromatic heterocycles. The number of allylic oxidation sites excluding steroid dienone is 1. The second-order valence-corrected chi connectivity index (χ2v) is 4.72. The molecule has 0 bridgehead atoms. The standard InChI is InChI=1S/C14H11F2N3/c1-13(9-14(13,15)16)11-2-4-12(5-3-11)19-8-10(6-17)7-18/h2-5,8,19H,9H2,1H3. The first kappa shape index (κ1) is 13.0. The number of alkyl halides is 2. The molecule has 1 aliphatic rings. The molecule has 1 aromatic rings. The zero-order valence-corrected chi connectivity index (χ0v) is 10.2. The Hall–Kier alpha value is -2.40. The number of nitriles is 2. The van der Waals surface area contributed by atoms with Gasteiger partial charge in [0.15, 0.2) is 0 Å². The first-order valence-corrected chi connectivity index (χ1v) is 5.68. The number of halogens is 2. The van der Waals surface area contributed by atoms with Crippen LogP contribution in [0.4, 0.5) is 14.5 Å². The van der Waals surface area contributed by atoms with Crippen LogP contribution in [-0.2, 0) is 5.41 Å². The Labute approximate surface area is 109 Å². The highest BCUT2D eigenvalue weighted by Gasteiger charge is 2.68. The molecule has 1 aliphatic carbocycles. The Morgan fingerprint density at radius 1 is 1.26 bits per heavy atom. The lowest BCUT2D eigenvalue weighted by Gasteiger charge is -2.11. The van der Waals surface area contributed by atoms with E-state index in [2.05, 4.69) is 5.32 Å². The topological polar surface area (TPSA) is 59.6 Å². The van der Waals surface area contributed by atoms with Crippen LogP contribution in [0.25, 0.3) is 0 Å². The molecule has 1 saturated carbocycles. The molecule has 0 aliphatic heterocycles. The average Bonchev–Trinajstić information content (AvgIpc) is 2.92. The maximum Gasteiger partial charge on any atom is 0.258 e. The van der Waals surface area contributed by atoms with E-state index in [1.54, 1.807) is 43.3 Å². The van der Waals surface area contributed by atoms with E-state index < -0.39 is 11.3 Å². The summed E-state index contributed by atoms with van der Waals surface area (Å²) >= 11 is 0. The van der Waals surface area contributed by atoms with E-state index in [9.17, 15) is 8.78 Å². The molecule has 3 nitrogen and oxygen atoms in total. The Bertz CT molecular complexity index is 589. The molecule has 2 rings (SSSR count). The van der Waals surface area contributed by atoms with Crippen molar-refractivity contribution in [1.82, 2.24) is 0 Å². The van der Waals surface area contributed by atoms with Gasteiger partial charge in [-0.25, -0.2) is 8.78 Å².